The summed E-state index contributed by atoms with van der Waals surface area (Å²) in [4.78, 5) is 14.8. The highest BCUT2D eigenvalue weighted by atomic mass is 16.3. The molecule has 28 heavy (non-hydrogen) atoms. The molecule has 0 saturated heterocycles. The summed E-state index contributed by atoms with van der Waals surface area (Å²) in [7, 11) is 0. The summed E-state index contributed by atoms with van der Waals surface area (Å²) in [6, 6.07) is 27.7. The summed E-state index contributed by atoms with van der Waals surface area (Å²) >= 11 is 0. The summed E-state index contributed by atoms with van der Waals surface area (Å²) in [5, 5.41) is 12.2. The lowest BCUT2D eigenvalue weighted by Gasteiger charge is -2.41. The summed E-state index contributed by atoms with van der Waals surface area (Å²) in [6.07, 6.45) is 1.43. The Morgan fingerprint density at radius 2 is 1.50 bits per heavy atom. The lowest BCUT2D eigenvalue weighted by molar-refractivity contribution is -0.105. The van der Waals surface area contributed by atoms with Gasteiger partial charge in [-0.15, -0.1) is 0 Å². The quantitative estimate of drug-likeness (QED) is 0.681. The SMILES string of the molecule is CCCN1C(=O)c2ccccc2C1(O)C(Cc1ccccc1)c1ccccc1. The smallest absolute Gasteiger partial charge is 0.256 e. The third-order valence-corrected chi connectivity index (χ3v) is 5.63. The van der Waals surface area contributed by atoms with Crippen molar-refractivity contribution in [3.63, 3.8) is 0 Å². The van der Waals surface area contributed by atoms with E-state index in [0.29, 0.717) is 24.1 Å². The lowest BCUT2D eigenvalue weighted by Crippen LogP contribution is -2.49. The summed E-state index contributed by atoms with van der Waals surface area (Å²) in [5.41, 5.74) is 2.10. The minimum absolute atomic E-state index is 0.0889. The Morgan fingerprint density at radius 1 is 0.893 bits per heavy atom. The molecule has 0 bridgehead atoms. The monoisotopic (exact) mass is 371 g/mol. The van der Waals surface area contributed by atoms with E-state index < -0.39 is 5.72 Å². The van der Waals surface area contributed by atoms with E-state index in [2.05, 4.69) is 12.1 Å². The van der Waals surface area contributed by atoms with Gasteiger partial charge in [-0.1, -0.05) is 85.8 Å². The van der Waals surface area contributed by atoms with Crippen molar-refractivity contribution < 1.29 is 9.90 Å². The minimum Gasteiger partial charge on any atom is -0.366 e. The van der Waals surface area contributed by atoms with E-state index >= 15 is 0 Å². The molecule has 0 fully saturated rings. The highest BCUT2D eigenvalue weighted by Gasteiger charge is 2.53. The lowest BCUT2D eigenvalue weighted by atomic mass is 9.79. The van der Waals surface area contributed by atoms with Crippen molar-refractivity contribution in [2.75, 3.05) is 6.54 Å². The van der Waals surface area contributed by atoms with Crippen LogP contribution in [-0.2, 0) is 12.1 Å². The summed E-state index contributed by atoms with van der Waals surface area (Å²) in [5.74, 6) is -0.357. The zero-order chi connectivity index (χ0) is 19.6. The second-order valence-electron chi connectivity index (χ2n) is 7.38. The van der Waals surface area contributed by atoms with Gasteiger partial charge in [-0.25, -0.2) is 0 Å². The van der Waals surface area contributed by atoms with E-state index in [0.717, 1.165) is 17.5 Å². The van der Waals surface area contributed by atoms with Crippen molar-refractivity contribution in [1.29, 1.82) is 0 Å². The molecule has 1 heterocycles. The maximum atomic E-state index is 13.2. The second kappa shape index (κ2) is 7.61. The van der Waals surface area contributed by atoms with Gasteiger partial charge < -0.3 is 10.0 Å². The molecule has 3 heteroatoms. The van der Waals surface area contributed by atoms with Crippen molar-refractivity contribution in [2.45, 2.75) is 31.4 Å². The zero-order valence-electron chi connectivity index (χ0n) is 16.1. The van der Waals surface area contributed by atoms with Gasteiger partial charge in [0.1, 0.15) is 0 Å². The number of carbonyl (C=O) groups excluding carboxylic acids is 1. The predicted octanol–water partition coefficient (Wildman–Crippen LogP) is 4.72. The van der Waals surface area contributed by atoms with Crippen LogP contribution in [0.15, 0.2) is 84.9 Å². The number of hydrogen-bond donors (Lipinski definition) is 1. The number of carbonyl (C=O) groups is 1. The minimum atomic E-state index is -1.37. The fraction of sp³-hybridized carbons (Fsp3) is 0.240. The highest BCUT2D eigenvalue weighted by molar-refractivity contribution is 5.99. The molecule has 3 aromatic carbocycles. The van der Waals surface area contributed by atoms with Gasteiger partial charge in [0.05, 0.1) is 0 Å². The van der Waals surface area contributed by atoms with Crippen LogP contribution in [0.5, 0.6) is 0 Å². The maximum absolute atomic E-state index is 13.2. The first-order valence-electron chi connectivity index (χ1n) is 9.89. The number of aliphatic hydroxyl groups is 1. The van der Waals surface area contributed by atoms with Gasteiger partial charge >= 0.3 is 0 Å². The average molecular weight is 371 g/mol. The average Bonchev–Trinajstić information content (AvgIpc) is 2.96. The number of rotatable bonds is 6. The van der Waals surface area contributed by atoms with Crippen molar-refractivity contribution in [2.24, 2.45) is 0 Å². The molecule has 142 valence electrons. The first-order valence-corrected chi connectivity index (χ1v) is 9.89. The van der Waals surface area contributed by atoms with Gasteiger partial charge in [-0.05, 0) is 30.0 Å². The summed E-state index contributed by atoms with van der Waals surface area (Å²) in [6.45, 7) is 2.55. The molecule has 0 aromatic heterocycles. The molecular weight excluding hydrogens is 346 g/mol. The fourth-order valence-electron chi connectivity index (χ4n) is 4.34. The Labute approximate surface area is 166 Å². The first kappa shape index (κ1) is 18.5. The number of nitrogens with zero attached hydrogens (tertiary/aromatic N) is 1. The molecule has 4 rings (SSSR count). The van der Waals surface area contributed by atoms with E-state index in [9.17, 15) is 9.90 Å². The second-order valence-corrected chi connectivity index (χ2v) is 7.38. The molecule has 0 saturated carbocycles. The van der Waals surface area contributed by atoms with E-state index in [-0.39, 0.29) is 11.8 Å². The zero-order valence-corrected chi connectivity index (χ0v) is 16.1. The molecule has 1 aliphatic heterocycles. The van der Waals surface area contributed by atoms with E-state index in [1.54, 1.807) is 4.90 Å². The third-order valence-electron chi connectivity index (χ3n) is 5.63. The normalized spacial score (nSPS) is 19.5. The Balaban J connectivity index is 1.89. The van der Waals surface area contributed by atoms with E-state index in [1.807, 2.05) is 79.7 Å². The summed E-state index contributed by atoms with van der Waals surface area (Å²) < 4.78 is 0. The van der Waals surface area contributed by atoms with Crippen molar-refractivity contribution in [3.05, 3.63) is 107 Å². The largest absolute Gasteiger partial charge is 0.366 e. The molecule has 0 radical (unpaired) electrons. The van der Waals surface area contributed by atoms with E-state index in [1.165, 1.54) is 0 Å². The molecule has 3 aromatic rings. The van der Waals surface area contributed by atoms with Gasteiger partial charge in [0.15, 0.2) is 5.72 Å². The Hall–Kier alpha value is -2.91. The van der Waals surface area contributed by atoms with Crippen LogP contribution in [0.1, 0.15) is 46.3 Å². The van der Waals surface area contributed by atoms with Crippen LogP contribution in [0, 0.1) is 0 Å². The van der Waals surface area contributed by atoms with Crippen molar-refractivity contribution in [3.8, 4) is 0 Å². The van der Waals surface area contributed by atoms with Crippen molar-refractivity contribution >= 4 is 5.91 Å². The molecule has 2 atom stereocenters. The molecule has 0 aliphatic carbocycles. The van der Waals surface area contributed by atoms with Crippen LogP contribution in [0.4, 0.5) is 0 Å². The Bertz CT molecular complexity index is 955. The molecule has 1 aliphatic rings. The van der Waals surface area contributed by atoms with Crippen molar-refractivity contribution in [1.82, 2.24) is 4.90 Å². The standard InChI is InChI=1S/C25H25NO2/c1-2-17-26-24(27)21-15-9-10-16-22(21)25(26,28)23(20-13-7-4-8-14-20)18-19-11-5-3-6-12-19/h3-16,23,28H,2,17-18H2,1H3. The van der Waals surface area contributed by atoms with E-state index in [4.69, 9.17) is 0 Å². The number of fused-ring (bicyclic) bond motifs is 1. The van der Waals surface area contributed by atoms with Gasteiger partial charge in [-0.2, -0.15) is 0 Å². The molecule has 3 nitrogen and oxygen atoms in total. The molecule has 1 N–H and O–H groups in total. The van der Waals surface area contributed by atoms with Gasteiger partial charge in [-0.3, -0.25) is 4.79 Å². The van der Waals surface area contributed by atoms with Gasteiger partial charge in [0, 0.05) is 23.6 Å². The predicted molar refractivity (Wildman–Crippen MR) is 111 cm³/mol. The Morgan fingerprint density at radius 3 is 2.18 bits per heavy atom. The molecule has 1 amide bonds. The first-order chi connectivity index (χ1) is 13.7. The molecule has 0 spiro atoms. The number of hydrogen-bond acceptors (Lipinski definition) is 2. The van der Waals surface area contributed by atoms with Crippen LogP contribution in [0.2, 0.25) is 0 Å². The van der Waals surface area contributed by atoms with Crippen LogP contribution in [-0.4, -0.2) is 22.5 Å². The van der Waals surface area contributed by atoms with Crippen LogP contribution >= 0.6 is 0 Å². The fourth-order valence-corrected chi connectivity index (χ4v) is 4.34. The number of benzene rings is 3. The third kappa shape index (κ3) is 3.02. The van der Waals surface area contributed by atoms with Gasteiger partial charge in [0.2, 0.25) is 0 Å². The van der Waals surface area contributed by atoms with Crippen LogP contribution in [0.3, 0.4) is 0 Å². The van der Waals surface area contributed by atoms with Crippen LogP contribution in [0.25, 0.3) is 0 Å². The van der Waals surface area contributed by atoms with Gasteiger partial charge in [0.25, 0.3) is 5.91 Å². The Kier molecular flexibility index (Phi) is 5.01. The number of amides is 1. The molecular formula is C25H25NO2. The topological polar surface area (TPSA) is 40.5 Å². The highest BCUT2D eigenvalue weighted by Crippen LogP contribution is 2.48. The molecule has 2 unspecified atom stereocenters. The van der Waals surface area contributed by atoms with Crippen LogP contribution < -0.4 is 0 Å². The maximum Gasteiger partial charge on any atom is 0.256 e.